The van der Waals surface area contributed by atoms with Gasteiger partial charge in [-0.15, -0.1) is 0 Å². The summed E-state index contributed by atoms with van der Waals surface area (Å²) in [5.41, 5.74) is 0.962. The van der Waals surface area contributed by atoms with Crippen LogP contribution < -0.4 is 0 Å². The van der Waals surface area contributed by atoms with Gasteiger partial charge in [0.05, 0.1) is 17.7 Å². The first-order valence-corrected chi connectivity index (χ1v) is 5.91. The normalized spacial score (nSPS) is 10.5. The average Bonchev–Trinajstić information content (AvgIpc) is 2.71. The van der Waals surface area contributed by atoms with Crippen molar-refractivity contribution in [1.82, 2.24) is 4.98 Å². The number of halogens is 1. The van der Waals surface area contributed by atoms with Crippen molar-refractivity contribution in [2.75, 3.05) is 6.61 Å². The van der Waals surface area contributed by atoms with Gasteiger partial charge in [0.15, 0.2) is 0 Å². The Bertz CT molecular complexity index is 588. The Morgan fingerprint density at radius 1 is 1.41 bits per heavy atom. The number of para-hydroxylation sites is 1. The van der Waals surface area contributed by atoms with Crippen LogP contribution in [0.25, 0.3) is 10.9 Å². The zero-order valence-corrected chi connectivity index (χ0v) is 10.7. The monoisotopic (exact) mass is 295 g/mol. The predicted octanol–water partition coefficient (Wildman–Crippen LogP) is 2.68. The summed E-state index contributed by atoms with van der Waals surface area (Å²) in [6, 6.07) is 5.19. The molecule has 1 aromatic carbocycles. The van der Waals surface area contributed by atoms with E-state index in [4.69, 9.17) is 4.74 Å². The lowest BCUT2D eigenvalue weighted by Crippen LogP contribution is -2.17. The van der Waals surface area contributed by atoms with Crippen molar-refractivity contribution in [3.05, 3.63) is 34.4 Å². The second kappa shape index (κ2) is 4.71. The van der Waals surface area contributed by atoms with E-state index in [1.807, 2.05) is 6.07 Å². The number of H-pyrrole nitrogens is 1. The smallest absolute Gasteiger partial charge is 0.379 e. The third-order valence-corrected chi connectivity index (χ3v) is 3.03. The van der Waals surface area contributed by atoms with E-state index < -0.39 is 11.8 Å². The zero-order chi connectivity index (χ0) is 12.4. The SMILES string of the molecule is CCOC(=O)C(=O)c1cccc2c(Br)c[nH]c12. The van der Waals surface area contributed by atoms with Crippen molar-refractivity contribution in [3.63, 3.8) is 0 Å². The van der Waals surface area contributed by atoms with Crippen LogP contribution in [0.4, 0.5) is 0 Å². The van der Waals surface area contributed by atoms with Crippen LogP contribution in [0.3, 0.4) is 0 Å². The van der Waals surface area contributed by atoms with Gasteiger partial charge < -0.3 is 9.72 Å². The number of Topliss-reactive ketones (excluding diaryl/α,β-unsaturated/α-hetero) is 1. The van der Waals surface area contributed by atoms with Crippen molar-refractivity contribution >= 4 is 38.6 Å². The molecule has 0 saturated carbocycles. The second-order valence-electron chi connectivity index (χ2n) is 3.41. The van der Waals surface area contributed by atoms with E-state index in [-0.39, 0.29) is 6.61 Å². The lowest BCUT2D eigenvalue weighted by Gasteiger charge is -2.02. The molecule has 0 aliphatic heterocycles. The van der Waals surface area contributed by atoms with E-state index >= 15 is 0 Å². The molecule has 0 aliphatic rings. The first kappa shape index (κ1) is 11.9. The number of hydrogen-bond acceptors (Lipinski definition) is 3. The molecule has 5 heteroatoms. The van der Waals surface area contributed by atoms with Gasteiger partial charge in [-0.05, 0) is 28.9 Å². The fraction of sp³-hybridized carbons (Fsp3) is 0.167. The van der Waals surface area contributed by atoms with Crippen LogP contribution in [0.1, 0.15) is 17.3 Å². The molecule has 0 atom stereocenters. The maximum absolute atomic E-state index is 11.8. The highest BCUT2D eigenvalue weighted by atomic mass is 79.9. The number of ether oxygens (including phenoxy) is 1. The van der Waals surface area contributed by atoms with Crippen LogP contribution in [-0.2, 0) is 9.53 Å². The number of aromatic nitrogens is 1. The Morgan fingerprint density at radius 2 is 2.18 bits per heavy atom. The molecule has 2 aromatic rings. The van der Waals surface area contributed by atoms with Crippen LogP contribution >= 0.6 is 15.9 Å². The third-order valence-electron chi connectivity index (χ3n) is 2.37. The molecular weight excluding hydrogens is 286 g/mol. The number of hydrogen-bond donors (Lipinski definition) is 1. The molecule has 0 fully saturated rings. The second-order valence-corrected chi connectivity index (χ2v) is 4.27. The molecule has 1 heterocycles. The Labute approximate surface area is 106 Å². The average molecular weight is 296 g/mol. The maximum Gasteiger partial charge on any atom is 0.379 e. The quantitative estimate of drug-likeness (QED) is 0.538. The van der Waals surface area contributed by atoms with E-state index in [1.165, 1.54) is 0 Å². The minimum absolute atomic E-state index is 0.189. The topological polar surface area (TPSA) is 59.2 Å². The van der Waals surface area contributed by atoms with Gasteiger partial charge in [-0.25, -0.2) is 4.79 Å². The van der Waals surface area contributed by atoms with Crippen LogP contribution in [0.15, 0.2) is 28.9 Å². The molecular formula is C12H10BrNO3. The molecule has 0 spiro atoms. The highest BCUT2D eigenvalue weighted by Gasteiger charge is 2.20. The molecule has 4 nitrogen and oxygen atoms in total. The van der Waals surface area contributed by atoms with Crippen molar-refractivity contribution in [1.29, 1.82) is 0 Å². The molecule has 0 aliphatic carbocycles. The summed E-state index contributed by atoms with van der Waals surface area (Å²) in [6.45, 7) is 1.85. The minimum Gasteiger partial charge on any atom is -0.460 e. The standard InChI is InChI=1S/C12H10BrNO3/c1-2-17-12(16)11(15)8-5-3-4-7-9(13)6-14-10(7)8/h3-6,14H,2H2,1H3. The van der Waals surface area contributed by atoms with Crippen LogP contribution in [0.5, 0.6) is 0 Å². The lowest BCUT2D eigenvalue weighted by molar-refractivity contribution is -0.137. The molecule has 88 valence electrons. The van der Waals surface area contributed by atoms with Crippen molar-refractivity contribution in [2.24, 2.45) is 0 Å². The van der Waals surface area contributed by atoms with Gasteiger partial charge in [0.2, 0.25) is 0 Å². The van der Waals surface area contributed by atoms with Gasteiger partial charge in [-0.3, -0.25) is 4.79 Å². The molecule has 17 heavy (non-hydrogen) atoms. The first-order valence-electron chi connectivity index (χ1n) is 5.12. The molecule has 2 rings (SSSR count). The van der Waals surface area contributed by atoms with Gasteiger partial charge >= 0.3 is 5.97 Å². The van der Waals surface area contributed by atoms with Gasteiger partial charge in [-0.2, -0.15) is 0 Å². The molecule has 0 amide bonds. The van der Waals surface area contributed by atoms with Crippen LogP contribution in [-0.4, -0.2) is 23.3 Å². The summed E-state index contributed by atoms with van der Waals surface area (Å²) in [5.74, 6) is -1.46. The molecule has 0 radical (unpaired) electrons. The van der Waals surface area contributed by atoms with Crippen molar-refractivity contribution in [3.8, 4) is 0 Å². The zero-order valence-electron chi connectivity index (χ0n) is 9.12. The van der Waals surface area contributed by atoms with E-state index in [0.717, 1.165) is 9.86 Å². The lowest BCUT2D eigenvalue weighted by atomic mass is 10.1. The summed E-state index contributed by atoms with van der Waals surface area (Å²) in [6.07, 6.45) is 1.73. The number of nitrogens with one attached hydrogen (secondary N) is 1. The van der Waals surface area contributed by atoms with E-state index in [0.29, 0.717) is 11.1 Å². The van der Waals surface area contributed by atoms with Crippen LogP contribution in [0.2, 0.25) is 0 Å². The Hall–Kier alpha value is -1.62. The highest BCUT2D eigenvalue weighted by Crippen LogP contribution is 2.26. The largest absolute Gasteiger partial charge is 0.460 e. The molecule has 0 unspecified atom stereocenters. The first-order chi connectivity index (χ1) is 8.15. The maximum atomic E-state index is 11.8. The number of rotatable bonds is 3. The van der Waals surface area contributed by atoms with Gasteiger partial charge in [0.25, 0.3) is 5.78 Å². The third kappa shape index (κ3) is 2.10. The number of fused-ring (bicyclic) bond motifs is 1. The number of carbonyl (C=O) groups is 2. The number of benzene rings is 1. The van der Waals surface area contributed by atoms with Crippen molar-refractivity contribution in [2.45, 2.75) is 6.92 Å². The van der Waals surface area contributed by atoms with Gasteiger partial charge in [0, 0.05) is 16.1 Å². The molecule has 0 bridgehead atoms. The Morgan fingerprint density at radius 3 is 2.88 bits per heavy atom. The predicted molar refractivity (Wildman–Crippen MR) is 67.0 cm³/mol. The fourth-order valence-corrected chi connectivity index (χ4v) is 2.06. The van der Waals surface area contributed by atoms with E-state index in [9.17, 15) is 9.59 Å². The van der Waals surface area contributed by atoms with Crippen LogP contribution in [0, 0.1) is 0 Å². The minimum atomic E-state index is -0.828. The number of esters is 1. The molecule has 1 N–H and O–H groups in total. The molecule has 1 aromatic heterocycles. The summed E-state index contributed by atoms with van der Waals surface area (Å²) in [7, 11) is 0. The molecule has 0 saturated heterocycles. The Balaban J connectivity index is 2.49. The van der Waals surface area contributed by atoms with E-state index in [1.54, 1.807) is 25.3 Å². The summed E-state index contributed by atoms with van der Waals surface area (Å²) >= 11 is 3.36. The summed E-state index contributed by atoms with van der Waals surface area (Å²) in [4.78, 5) is 26.2. The fourth-order valence-electron chi connectivity index (χ4n) is 1.62. The number of carbonyl (C=O) groups excluding carboxylic acids is 2. The highest BCUT2D eigenvalue weighted by molar-refractivity contribution is 9.10. The van der Waals surface area contributed by atoms with Crippen molar-refractivity contribution < 1.29 is 14.3 Å². The number of ketones is 1. The Kier molecular flexibility index (Phi) is 3.28. The van der Waals surface area contributed by atoms with Gasteiger partial charge in [-0.1, -0.05) is 12.1 Å². The summed E-state index contributed by atoms with van der Waals surface area (Å²) in [5, 5.41) is 0.861. The summed E-state index contributed by atoms with van der Waals surface area (Å²) < 4.78 is 5.55. The van der Waals surface area contributed by atoms with Gasteiger partial charge in [0.1, 0.15) is 0 Å². The van der Waals surface area contributed by atoms with E-state index in [2.05, 4.69) is 20.9 Å². The number of aromatic amines is 1.